The summed E-state index contributed by atoms with van der Waals surface area (Å²) in [6.45, 7) is 13.3. The number of carbonyl (C=O) groups excluding carboxylic acids is 1. The number of halogens is 12. The van der Waals surface area contributed by atoms with Crippen LogP contribution >= 0.6 is 0 Å². The van der Waals surface area contributed by atoms with Crippen molar-refractivity contribution in [1.82, 2.24) is 49.8 Å². The van der Waals surface area contributed by atoms with Crippen molar-refractivity contribution >= 4 is 5.78 Å². The number of rotatable bonds is 5. The number of allylic oxidation sites excluding steroid dienone is 2. The van der Waals surface area contributed by atoms with E-state index in [0.717, 1.165) is 36.0 Å². The normalized spacial score (nSPS) is 10.9. The molecule has 1 aliphatic rings. The van der Waals surface area contributed by atoms with Gasteiger partial charge in [0.2, 0.25) is 0 Å². The monoisotopic (exact) mass is 2120 g/mol. The minimum Gasteiger partial charge on any atom is -0.582 e. The zero-order valence-corrected chi connectivity index (χ0v) is 63.3. The SMILES string of the molecule is CC(C)(C)C(=O)C=C(O)C(C)(C)C.Cc1ccnc(-c2[c-]c(C(F)(F)F)cc(C(F)(F)F)c2)c1.Fc1c[c-]c(-c2ccccn2)c(F)c1.Fc1c[c-]c(-c2ccccn2)c(F)c1.Fc1cc(F)c2c(c1)C[n+]1cccn1-2.[Ir].[Pt+2].[Pt+2].[Pt].[c-]1ccccc1-n1cccn1.c1cn[n-]c1.c1cn[n-]c1. The molecule has 0 spiro atoms. The minimum atomic E-state index is -4.92. The third-order valence-corrected chi connectivity index (χ3v) is 12.6. The molecule has 5 aromatic carbocycles. The first-order valence-electron chi connectivity index (χ1n) is 28.8. The fourth-order valence-electron chi connectivity index (χ4n) is 7.77. The third kappa shape index (κ3) is 29.2. The van der Waals surface area contributed by atoms with Gasteiger partial charge in [-0.25, -0.2) is 8.78 Å². The molecule has 0 fully saturated rings. The van der Waals surface area contributed by atoms with Gasteiger partial charge in [-0.2, -0.15) is 68.1 Å². The second-order valence-corrected chi connectivity index (χ2v) is 22.3. The molecule has 0 aliphatic carbocycles. The van der Waals surface area contributed by atoms with Gasteiger partial charge in [-0.05, 0) is 71.2 Å². The molecule has 12 aromatic rings. The van der Waals surface area contributed by atoms with Gasteiger partial charge in [-0.1, -0.05) is 113 Å². The standard InChI is InChI=1S/C14H8F6N.2C11H6F2N.C11H20O2.C10H7F2N2.C9H7N2.2C3H3N2.Ir.3Pt/c1-8-2-3-21-12(4-8)9-5-10(13(15,16)17)7-11(6-9)14(18,19)20;2*12-8-4-5-9(10(13)7-8)11-3-1-2-6-14-11;1-10(2,3)8(12)7-9(13)11(4,5)6;11-8-4-7-6-13-2-1-3-14(13)10(7)9(12)5-8;1-2-5-9(6-3-1)11-8-4-7-10-11;2*1-2-4-5-3-1;;;;/h2-5,7H,1H3;2*1-4,6-7H;7,12H,1-6H3;1-5H,6H2;1-5,7-8H;2*1-3H;;;;/q3*-1;;+1;3*-1;;;2*+2. The quantitative estimate of drug-likeness (QED) is 0.0578. The molecule has 0 unspecified atom stereocenters. The molecule has 7 aromatic heterocycles. The number of benzene rings is 5. The van der Waals surface area contributed by atoms with Crippen LogP contribution in [0.1, 0.15) is 63.8 Å². The number of ketones is 1. The summed E-state index contributed by atoms with van der Waals surface area (Å²) in [5, 5.41) is 27.5. The second-order valence-electron chi connectivity index (χ2n) is 22.3. The third-order valence-electron chi connectivity index (χ3n) is 12.6. The smallest absolute Gasteiger partial charge is 0.582 e. The van der Waals surface area contributed by atoms with Crippen molar-refractivity contribution in [1.29, 1.82) is 0 Å². The maximum Gasteiger partial charge on any atom is 2.00 e. The molecule has 0 amide bonds. The molecular formula is C72H60F12IrN11O2Pt3-. The number of aliphatic hydroxyl groups excluding tert-OH is 1. The second kappa shape index (κ2) is 42.0. The molecule has 1 radical (unpaired) electrons. The number of carbonyl (C=O) groups is 1. The number of fused-ring (bicyclic) bond motifs is 3. The number of aromatic nitrogens is 11. The van der Waals surface area contributed by atoms with Crippen molar-refractivity contribution in [2.75, 3.05) is 0 Å². The number of nitrogens with zero attached hydrogens (tertiary/aromatic N) is 11. The van der Waals surface area contributed by atoms with Crippen LogP contribution in [-0.2, 0) is 107 Å². The number of aliphatic hydroxyl groups is 1. The summed E-state index contributed by atoms with van der Waals surface area (Å²) in [5.41, 5.74) is 0.0838. The number of para-hydroxylation sites is 1. The summed E-state index contributed by atoms with van der Waals surface area (Å²) in [7, 11) is 0. The molecule has 539 valence electrons. The molecule has 1 aliphatic heterocycles. The first kappa shape index (κ1) is 88.6. The van der Waals surface area contributed by atoms with Crippen LogP contribution in [0.25, 0.3) is 45.1 Å². The van der Waals surface area contributed by atoms with Crippen molar-refractivity contribution in [2.45, 2.75) is 67.4 Å². The molecule has 0 atom stereocenters. The molecule has 0 bridgehead atoms. The predicted octanol–water partition coefficient (Wildman–Crippen LogP) is 16.8. The number of alkyl halides is 6. The van der Waals surface area contributed by atoms with Gasteiger partial charge in [-0.3, -0.25) is 27.0 Å². The fraction of sp³-hybridized carbons (Fsp3) is 0.167. The molecule has 29 heteroatoms. The van der Waals surface area contributed by atoms with E-state index in [4.69, 9.17) is 0 Å². The molecule has 0 saturated carbocycles. The van der Waals surface area contributed by atoms with Crippen LogP contribution in [0.15, 0.2) is 226 Å². The van der Waals surface area contributed by atoms with Gasteiger partial charge in [-0.15, -0.1) is 63.5 Å². The Morgan fingerprint density at radius 2 is 1.14 bits per heavy atom. The number of aryl methyl sites for hydroxylation is 1. The van der Waals surface area contributed by atoms with Gasteiger partial charge in [0.25, 0.3) is 0 Å². The Labute approximate surface area is 631 Å². The minimum absolute atomic E-state index is 0. The number of pyridine rings is 3. The van der Waals surface area contributed by atoms with Crippen LogP contribution < -0.4 is 14.9 Å². The Morgan fingerprint density at radius 3 is 1.56 bits per heavy atom. The van der Waals surface area contributed by atoms with Crippen LogP contribution in [0, 0.1) is 76.9 Å². The maximum absolute atomic E-state index is 13.4. The molecular weight excluding hydrogens is 2060 g/mol. The van der Waals surface area contributed by atoms with E-state index in [-0.39, 0.29) is 129 Å². The largest absolute Gasteiger partial charge is 2.00 e. The van der Waals surface area contributed by atoms with Gasteiger partial charge in [0.1, 0.15) is 17.3 Å². The molecule has 13 rings (SSSR count). The summed E-state index contributed by atoms with van der Waals surface area (Å²) in [5.74, 6) is -3.50. The van der Waals surface area contributed by atoms with Crippen molar-refractivity contribution in [3.63, 3.8) is 0 Å². The van der Waals surface area contributed by atoms with E-state index in [2.05, 4.69) is 58.6 Å². The van der Waals surface area contributed by atoms with Gasteiger partial charge in [0.05, 0.1) is 11.8 Å². The van der Waals surface area contributed by atoms with Gasteiger partial charge < -0.3 is 40.5 Å². The Kier molecular flexibility index (Phi) is 36.9. The zero-order valence-electron chi connectivity index (χ0n) is 54.1. The average molecular weight is 2120 g/mol. The zero-order chi connectivity index (χ0) is 70.9. The van der Waals surface area contributed by atoms with E-state index >= 15 is 0 Å². The Hall–Kier alpha value is -8.53. The van der Waals surface area contributed by atoms with Crippen molar-refractivity contribution in [2.24, 2.45) is 10.8 Å². The first-order chi connectivity index (χ1) is 45.9. The summed E-state index contributed by atoms with van der Waals surface area (Å²) in [4.78, 5) is 23.2. The van der Waals surface area contributed by atoms with Gasteiger partial charge in [0, 0.05) is 137 Å². The topological polar surface area (TPSA) is 157 Å². The van der Waals surface area contributed by atoms with Crippen LogP contribution in [0.2, 0.25) is 0 Å². The summed E-state index contributed by atoms with van der Waals surface area (Å²) < 4.78 is 160. The molecule has 0 saturated heterocycles. The molecule has 8 heterocycles. The predicted molar refractivity (Wildman–Crippen MR) is 337 cm³/mol. The Morgan fingerprint density at radius 1 is 0.584 bits per heavy atom. The Balaban J connectivity index is 0.000000400. The number of hydrogen-bond acceptors (Lipinski definition) is 8. The Bertz CT molecular complexity index is 4210. The first-order valence-corrected chi connectivity index (χ1v) is 28.8. The van der Waals surface area contributed by atoms with Crippen molar-refractivity contribution in [3.05, 3.63) is 307 Å². The maximum atomic E-state index is 13.4. The van der Waals surface area contributed by atoms with E-state index < -0.39 is 63.8 Å². The summed E-state index contributed by atoms with van der Waals surface area (Å²) in [6.07, 6.45) is 9.73. The fourth-order valence-corrected chi connectivity index (χ4v) is 7.77. The van der Waals surface area contributed by atoms with Gasteiger partial charge in [0.15, 0.2) is 24.3 Å². The van der Waals surface area contributed by atoms with Crippen LogP contribution in [-0.4, -0.2) is 50.5 Å². The molecule has 13 nitrogen and oxygen atoms in total. The van der Waals surface area contributed by atoms with Crippen LogP contribution in [0.3, 0.4) is 0 Å². The van der Waals surface area contributed by atoms with E-state index in [1.165, 1.54) is 24.4 Å². The molecule has 1 N–H and O–H groups in total. The van der Waals surface area contributed by atoms with Crippen LogP contribution in [0.4, 0.5) is 52.7 Å². The molecule has 101 heavy (non-hydrogen) atoms. The van der Waals surface area contributed by atoms with Crippen molar-refractivity contribution in [3.8, 4) is 45.1 Å². The van der Waals surface area contributed by atoms with Crippen LogP contribution in [0.5, 0.6) is 0 Å². The van der Waals surface area contributed by atoms with E-state index in [1.807, 2.05) is 101 Å². The summed E-state index contributed by atoms with van der Waals surface area (Å²) >= 11 is 0. The summed E-state index contributed by atoms with van der Waals surface area (Å²) in [6, 6.07) is 45.0. The number of hydrogen-bond donors (Lipinski definition) is 1. The van der Waals surface area contributed by atoms with Gasteiger partial charge >= 0.3 is 54.5 Å². The average Bonchev–Trinajstić information content (AvgIpc) is 1.69. The van der Waals surface area contributed by atoms with E-state index in [1.54, 1.807) is 120 Å². The van der Waals surface area contributed by atoms with E-state index in [0.29, 0.717) is 40.8 Å². The van der Waals surface area contributed by atoms with Crippen molar-refractivity contribution < 1.29 is 151 Å². The van der Waals surface area contributed by atoms with E-state index in [9.17, 15) is 62.6 Å².